The van der Waals surface area contributed by atoms with Crippen LogP contribution in [-0.2, 0) is 97.5 Å². The van der Waals surface area contributed by atoms with Crippen molar-refractivity contribution in [3.8, 4) is 0 Å². The Morgan fingerprint density at radius 3 is 0.429 bits per heavy atom. The van der Waals surface area contributed by atoms with Crippen molar-refractivity contribution in [2.24, 2.45) is 0 Å². The normalized spacial score (nSPS) is 0. The Balaban J connectivity index is 0. The third-order valence-electron chi connectivity index (χ3n) is 0. The molecule has 0 rings (SSSR count). The van der Waals surface area contributed by atoms with Crippen LogP contribution in [0.2, 0.25) is 0 Å². The molecule has 0 aromatic rings. The molecule has 0 N–H and O–H groups in total. The van der Waals surface area contributed by atoms with Gasteiger partial charge in [-0.1, -0.05) is 0 Å². The summed E-state index contributed by atoms with van der Waals surface area (Å²) < 4.78 is 0. The monoisotopic (exact) mass is 644 g/mol. The molecule has 0 spiro atoms. The maximum atomic E-state index is 0. The molecule has 0 amide bonds. The van der Waals surface area contributed by atoms with Gasteiger partial charge in [-0.05, 0) is 0 Å². The largest absolute Gasteiger partial charge is 3.00 e. The Bertz CT molecular complexity index is 10.9. The minimum atomic E-state index is 0. The Kier molecular flexibility index (Phi) is 1200. The summed E-state index contributed by atoms with van der Waals surface area (Å²) in [5, 5.41) is 0. The fourth-order valence-corrected chi connectivity index (χ4v) is 0. The van der Waals surface area contributed by atoms with E-state index in [1.54, 1.807) is 0 Å². The van der Waals surface area contributed by atoms with Gasteiger partial charge >= 0.3 is 39.0 Å². The summed E-state index contributed by atoms with van der Waals surface area (Å²) in [6, 6.07) is 0. The minimum absolute atomic E-state index is 0. The van der Waals surface area contributed by atoms with Gasteiger partial charge in [0.25, 0.3) is 0 Å². The molecular formula is O3Pt2Rh2. The van der Waals surface area contributed by atoms with Crippen LogP contribution in [0.1, 0.15) is 0 Å². The van der Waals surface area contributed by atoms with Crippen LogP contribution in [0.25, 0.3) is 0 Å². The van der Waals surface area contributed by atoms with Gasteiger partial charge < -0.3 is 16.4 Å². The van der Waals surface area contributed by atoms with Gasteiger partial charge in [-0.15, -0.1) is 0 Å². The van der Waals surface area contributed by atoms with Crippen molar-refractivity contribution in [2.45, 2.75) is 0 Å². The second-order valence-electron chi connectivity index (χ2n) is 0. The van der Waals surface area contributed by atoms with Gasteiger partial charge in [-0.3, -0.25) is 0 Å². The van der Waals surface area contributed by atoms with Crippen LogP contribution >= 0.6 is 0 Å². The van der Waals surface area contributed by atoms with Crippen LogP contribution in [0.4, 0.5) is 0 Å². The molecule has 0 atom stereocenters. The molecule has 0 bridgehead atoms. The smallest absolute Gasteiger partial charge is 2.00 e. The third-order valence-corrected chi connectivity index (χ3v) is 0. The van der Waals surface area contributed by atoms with Crippen LogP contribution in [0, 0.1) is 0 Å². The fourth-order valence-electron chi connectivity index (χ4n) is 0. The van der Waals surface area contributed by atoms with E-state index < -0.39 is 0 Å². The molecule has 0 aliphatic rings. The second kappa shape index (κ2) is 76.4. The van der Waals surface area contributed by atoms with E-state index in [-0.39, 0.29) is 97.5 Å². The van der Waals surface area contributed by atoms with Gasteiger partial charge in [0.1, 0.15) is 0 Å². The maximum absolute atomic E-state index is 0. The van der Waals surface area contributed by atoms with Crippen molar-refractivity contribution >= 4 is 0 Å². The molecule has 0 saturated heterocycles. The zero-order valence-corrected chi connectivity index (χ0v) is 10.3. The first-order valence-electron chi connectivity index (χ1n) is 0. The zero-order valence-electron chi connectivity index (χ0n) is 2.52. The molecule has 0 saturated carbocycles. The minimum Gasteiger partial charge on any atom is -2.00 e. The molecule has 0 aliphatic heterocycles. The Morgan fingerprint density at radius 1 is 0.429 bits per heavy atom. The summed E-state index contributed by atoms with van der Waals surface area (Å²) in [5.74, 6) is 0. The van der Waals surface area contributed by atoms with Gasteiger partial charge in [0, 0.05) is 42.1 Å². The molecule has 3 nitrogen and oxygen atoms in total. The SMILES string of the molecule is [O-2].[O-2].[O-2].[Pt].[Pt].[Rh+3].[Rh+3]. The molecule has 0 aromatic carbocycles. The van der Waals surface area contributed by atoms with Gasteiger partial charge in [0.2, 0.25) is 0 Å². The standard InChI is InChI=1S/3O.2Pt.2Rh/q3*-2;;;2*+3. The predicted octanol–water partition coefficient (Wildman–Crippen LogP) is -0.366. The molecule has 7 heteroatoms. The summed E-state index contributed by atoms with van der Waals surface area (Å²) >= 11 is 0. The first kappa shape index (κ1) is 110. The molecule has 56 valence electrons. The molecule has 7 heavy (non-hydrogen) atoms. The summed E-state index contributed by atoms with van der Waals surface area (Å²) in [5.41, 5.74) is 0. The quantitative estimate of drug-likeness (QED) is 0.323. The summed E-state index contributed by atoms with van der Waals surface area (Å²) in [7, 11) is 0. The van der Waals surface area contributed by atoms with Crippen LogP contribution in [0.3, 0.4) is 0 Å². The molecule has 0 heterocycles. The van der Waals surface area contributed by atoms with Crippen molar-refractivity contribution in [1.82, 2.24) is 0 Å². The van der Waals surface area contributed by atoms with Gasteiger partial charge in [0.15, 0.2) is 0 Å². The van der Waals surface area contributed by atoms with Gasteiger partial charge in [-0.2, -0.15) is 0 Å². The molecule has 0 radical (unpaired) electrons. The number of rotatable bonds is 0. The summed E-state index contributed by atoms with van der Waals surface area (Å²) in [6.45, 7) is 0. The van der Waals surface area contributed by atoms with E-state index in [0.717, 1.165) is 0 Å². The Morgan fingerprint density at radius 2 is 0.429 bits per heavy atom. The third kappa shape index (κ3) is 57.4. The summed E-state index contributed by atoms with van der Waals surface area (Å²) in [4.78, 5) is 0. The molecule has 0 aromatic heterocycles. The van der Waals surface area contributed by atoms with E-state index in [9.17, 15) is 0 Å². The van der Waals surface area contributed by atoms with E-state index in [1.165, 1.54) is 0 Å². The molecule has 0 unspecified atom stereocenters. The van der Waals surface area contributed by atoms with Crippen LogP contribution in [0.15, 0.2) is 0 Å². The predicted molar refractivity (Wildman–Crippen MR) is 2.06 cm³/mol. The van der Waals surface area contributed by atoms with E-state index in [1.807, 2.05) is 0 Å². The van der Waals surface area contributed by atoms with E-state index >= 15 is 0 Å². The Labute approximate surface area is 96.4 Å². The van der Waals surface area contributed by atoms with E-state index in [0.29, 0.717) is 0 Å². The second-order valence-corrected chi connectivity index (χ2v) is 0. The van der Waals surface area contributed by atoms with Crippen molar-refractivity contribution in [1.29, 1.82) is 0 Å². The fraction of sp³-hybridized carbons (Fsp3) is 0. The maximum Gasteiger partial charge on any atom is 3.00 e. The first-order chi connectivity index (χ1) is 0. The summed E-state index contributed by atoms with van der Waals surface area (Å²) in [6.07, 6.45) is 0. The van der Waals surface area contributed by atoms with Gasteiger partial charge in [-0.25, -0.2) is 0 Å². The van der Waals surface area contributed by atoms with Crippen molar-refractivity contribution in [3.63, 3.8) is 0 Å². The van der Waals surface area contributed by atoms with Crippen LogP contribution in [-0.4, -0.2) is 0 Å². The van der Waals surface area contributed by atoms with Crippen LogP contribution in [0.5, 0.6) is 0 Å². The Hall–Kier alpha value is 2.50. The van der Waals surface area contributed by atoms with E-state index in [2.05, 4.69) is 0 Å². The van der Waals surface area contributed by atoms with Crippen molar-refractivity contribution in [2.75, 3.05) is 0 Å². The topological polar surface area (TPSA) is 85.5 Å². The van der Waals surface area contributed by atoms with Crippen molar-refractivity contribution < 1.29 is 97.5 Å². The number of hydrogen-bond donors (Lipinski definition) is 0. The van der Waals surface area contributed by atoms with Crippen molar-refractivity contribution in [3.05, 3.63) is 0 Å². The zero-order chi connectivity index (χ0) is 0. The average Bonchev–Trinajstić information content (AvgIpc) is 0. The van der Waals surface area contributed by atoms with Crippen LogP contribution < -0.4 is 0 Å². The first-order valence-corrected chi connectivity index (χ1v) is 0. The number of hydrogen-bond acceptors (Lipinski definition) is 0. The van der Waals surface area contributed by atoms with Gasteiger partial charge in [0.05, 0.1) is 0 Å². The molecular weight excluding hydrogens is 644 g/mol. The molecule has 0 fully saturated rings. The average molecular weight is 644 g/mol. The van der Waals surface area contributed by atoms with E-state index in [4.69, 9.17) is 0 Å². The molecule has 0 aliphatic carbocycles.